The predicted molar refractivity (Wildman–Crippen MR) is 102 cm³/mol. The number of hydrogen-bond donors (Lipinski definition) is 2. The molecule has 2 N–H and O–H groups in total. The molecule has 0 saturated heterocycles. The van der Waals surface area contributed by atoms with Crippen LogP contribution in [-0.2, 0) is 4.84 Å². The van der Waals surface area contributed by atoms with E-state index in [1.54, 1.807) is 12.2 Å². The second-order valence-electron chi connectivity index (χ2n) is 10.5. The summed E-state index contributed by atoms with van der Waals surface area (Å²) in [5, 5.41) is 23.0. The molecule has 9 atom stereocenters. The highest BCUT2D eigenvalue weighted by Crippen LogP contribution is 2.65. The third-order valence-corrected chi connectivity index (χ3v) is 9.33. The fraction of sp³-hybridized carbons (Fsp3) is 1.00. The number of aliphatic hydroxyl groups is 2. The minimum atomic E-state index is -0.493. The van der Waals surface area contributed by atoms with Crippen molar-refractivity contribution in [3.63, 3.8) is 0 Å². The summed E-state index contributed by atoms with van der Waals surface area (Å²) < 4.78 is 0. The summed E-state index contributed by atoms with van der Waals surface area (Å²) in [5.74, 6) is 4.36. The predicted octanol–water partition coefficient (Wildman–Crippen LogP) is 3.82. The first-order valence-electron chi connectivity index (χ1n) is 10.9. The Hall–Kier alpha value is -0.160. The maximum atomic E-state index is 10.8. The van der Waals surface area contributed by atoms with E-state index in [2.05, 4.69) is 6.92 Å². The van der Waals surface area contributed by atoms with Crippen molar-refractivity contribution in [1.29, 1.82) is 0 Å². The van der Waals surface area contributed by atoms with Gasteiger partial charge in [-0.25, -0.2) is 0 Å². The summed E-state index contributed by atoms with van der Waals surface area (Å²) >= 11 is 0. The lowest BCUT2D eigenvalue weighted by atomic mass is 9.49. The number of hydroxylamine groups is 2. The van der Waals surface area contributed by atoms with Crippen molar-refractivity contribution in [1.82, 2.24) is 5.06 Å². The van der Waals surface area contributed by atoms with E-state index in [0.717, 1.165) is 48.9 Å². The molecule has 1 unspecified atom stereocenters. The van der Waals surface area contributed by atoms with Gasteiger partial charge >= 0.3 is 0 Å². The van der Waals surface area contributed by atoms with Gasteiger partial charge in [0, 0.05) is 13.0 Å². The van der Waals surface area contributed by atoms with E-state index in [9.17, 15) is 10.2 Å². The second-order valence-corrected chi connectivity index (χ2v) is 10.5. The molecular formula is C22H39NO3. The lowest BCUT2D eigenvalue weighted by Gasteiger charge is -2.57. The topological polar surface area (TPSA) is 52.9 Å². The van der Waals surface area contributed by atoms with E-state index < -0.39 is 11.8 Å². The zero-order valence-electron chi connectivity index (χ0n) is 17.2. The molecule has 4 heteroatoms. The Morgan fingerprint density at radius 1 is 0.962 bits per heavy atom. The summed E-state index contributed by atoms with van der Waals surface area (Å²) in [5.41, 5.74) is -0.176. The van der Waals surface area contributed by atoms with E-state index in [-0.39, 0.29) is 5.41 Å². The first-order chi connectivity index (χ1) is 12.3. The lowest BCUT2D eigenvalue weighted by Crippen LogP contribution is -2.52. The normalized spacial score (nSPS) is 52.3. The highest BCUT2D eigenvalue weighted by molar-refractivity contribution is 5.07. The number of rotatable bonds is 3. The van der Waals surface area contributed by atoms with Crippen molar-refractivity contribution in [2.24, 2.45) is 40.9 Å². The first-order valence-corrected chi connectivity index (χ1v) is 10.9. The van der Waals surface area contributed by atoms with Crippen LogP contribution < -0.4 is 0 Å². The standard InChI is InChI=1S/C22H39NO3/c1-21(25)11-9-15-14(13-21)5-6-17-16(15)10-12-22(2)18(17)7-8-19(22)20(24)23(3)26-4/h14-20,24-25H,5-13H2,1-4H3/t14-,15-,16+,17+,18-,19+,20?,21+,22-/m0/s1. The summed E-state index contributed by atoms with van der Waals surface area (Å²) in [6.45, 7) is 4.50. The van der Waals surface area contributed by atoms with Crippen molar-refractivity contribution in [3.05, 3.63) is 0 Å². The molecule has 26 heavy (non-hydrogen) atoms. The van der Waals surface area contributed by atoms with E-state index in [1.807, 2.05) is 14.0 Å². The Morgan fingerprint density at radius 2 is 1.69 bits per heavy atom. The average molecular weight is 366 g/mol. The van der Waals surface area contributed by atoms with Crippen LogP contribution >= 0.6 is 0 Å². The van der Waals surface area contributed by atoms with Crippen molar-refractivity contribution < 1.29 is 15.1 Å². The van der Waals surface area contributed by atoms with Crippen LogP contribution in [0.15, 0.2) is 0 Å². The molecule has 0 aromatic carbocycles. The van der Waals surface area contributed by atoms with Crippen molar-refractivity contribution in [2.75, 3.05) is 14.2 Å². The molecule has 0 aromatic heterocycles. The van der Waals surface area contributed by atoms with Crippen LogP contribution in [0, 0.1) is 40.9 Å². The third-order valence-electron chi connectivity index (χ3n) is 9.33. The van der Waals surface area contributed by atoms with Crippen LogP contribution in [-0.4, -0.2) is 41.3 Å². The van der Waals surface area contributed by atoms with E-state index in [4.69, 9.17) is 4.84 Å². The minimum absolute atomic E-state index is 0.250. The largest absolute Gasteiger partial charge is 0.390 e. The molecule has 0 amide bonds. The highest BCUT2D eigenvalue weighted by Gasteiger charge is 2.59. The second kappa shape index (κ2) is 6.72. The minimum Gasteiger partial charge on any atom is -0.390 e. The highest BCUT2D eigenvalue weighted by atomic mass is 16.7. The molecule has 0 aromatic rings. The Balaban J connectivity index is 1.51. The van der Waals surface area contributed by atoms with E-state index in [0.29, 0.717) is 5.92 Å². The zero-order valence-corrected chi connectivity index (χ0v) is 17.2. The SMILES string of the molecule is CON(C)C(O)[C@H]1CC[C@H]2[C@@H]3CC[C@H]4C[C@](C)(O)CC[C@@H]4[C@H]3CC[C@]12C. The fourth-order valence-electron chi connectivity index (χ4n) is 7.97. The Kier molecular flexibility index (Phi) is 4.95. The Bertz CT molecular complexity index is 524. The van der Waals surface area contributed by atoms with Gasteiger partial charge in [-0.15, -0.1) is 0 Å². The van der Waals surface area contributed by atoms with Gasteiger partial charge in [0.1, 0.15) is 6.23 Å². The molecule has 0 heterocycles. The van der Waals surface area contributed by atoms with Crippen LogP contribution in [0.4, 0.5) is 0 Å². The molecule has 0 aliphatic heterocycles. The van der Waals surface area contributed by atoms with Gasteiger partial charge in [0.25, 0.3) is 0 Å². The van der Waals surface area contributed by atoms with E-state index in [1.165, 1.54) is 38.5 Å². The summed E-state index contributed by atoms with van der Waals surface area (Å²) in [4.78, 5) is 5.31. The van der Waals surface area contributed by atoms with Gasteiger partial charge in [0.05, 0.1) is 12.7 Å². The molecule has 4 aliphatic rings. The maximum Gasteiger partial charge on any atom is 0.132 e. The monoisotopic (exact) mass is 365 g/mol. The quantitative estimate of drug-likeness (QED) is 0.590. The Labute approximate surface area is 159 Å². The van der Waals surface area contributed by atoms with Crippen molar-refractivity contribution in [2.45, 2.75) is 83.5 Å². The van der Waals surface area contributed by atoms with Gasteiger partial charge in [0.2, 0.25) is 0 Å². The lowest BCUT2D eigenvalue weighted by molar-refractivity contribution is -0.236. The molecular weight excluding hydrogens is 326 g/mol. The van der Waals surface area contributed by atoms with Crippen LogP contribution in [0.5, 0.6) is 0 Å². The molecule has 0 bridgehead atoms. The molecule has 4 nitrogen and oxygen atoms in total. The molecule has 4 saturated carbocycles. The summed E-state index contributed by atoms with van der Waals surface area (Å²) in [6, 6.07) is 0. The van der Waals surface area contributed by atoms with E-state index >= 15 is 0 Å². The third kappa shape index (κ3) is 2.96. The molecule has 0 radical (unpaired) electrons. The van der Waals surface area contributed by atoms with Crippen LogP contribution in [0.2, 0.25) is 0 Å². The summed E-state index contributed by atoms with van der Waals surface area (Å²) in [6.07, 6.45) is 10.3. The van der Waals surface area contributed by atoms with Gasteiger partial charge in [-0.1, -0.05) is 6.92 Å². The van der Waals surface area contributed by atoms with Gasteiger partial charge in [0.15, 0.2) is 0 Å². The van der Waals surface area contributed by atoms with Crippen LogP contribution in [0.25, 0.3) is 0 Å². The average Bonchev–Trinajstić information content (AvgIpc) is 2.96. The van der Waals surface area contributed by atoms with Crippen molar-refractivity contribution >= 4 is 0 Å². The van der Waals surface area contributed by atoms with Gasteiger partial charge in [-0.3, -0.25) is 0 Å². The molecule has 4 rings (SSSR count). The fourth-order valence-corrected chi connectivity index (χ4v) is 7.97. The van der Waals surface area contributed by atoms with Crippen LogP contribution in [0.1, 0.15) is 71.6 Å². The molecule has 150 valence electrons. The molecule has 4 aliphatic carbocycles. The summed E-state index contributed by atoms with van der Waals surface area (Å²) in [7, 11) is 3.50. The number of hydrogen-bond acceptors (Lipinski definition) is 4. The smallest absolute Gasteiger partial charge is 0.132 e. The Morgan fingerprint density at radius 3 is 2.42 bits per heavy atom. The van der Waals surface area contributed by atoms with Gasteiger partial charge < -0.3 is 15.1 Å². The number of aliphatic hydroxyl groups excluding tert-OH is 1. The van der Waals surface area contributed by atoms with Crippen LogP contribution in [0.3, 0.4) is 0 Å². The molecule has 4 fully saturated rings. The number of nitrogens with zero attached hydrogens (tertiary/aromatic N) is 1. The first kappa shape index (κ1) is 19.2. The molecule has 0 spiro atoms. The maximum absolute atomic E-state index is 10.8. The van der Waals surface area contributed by atoms with Crippen molar-refractivity contribution in [3.8, 4) is 0 Å². The zero-order chi connectivity index (χ0) is 18.7. The van der Waals surface area contributed by atoms with Gasteiger partial charge in [-0.05, 0) is 99.7 Å². The van der Waals surface area contributed by atoms with Gasteiger partial charge in [-0.2, -0.15) is 5.06 Å². The number of fused-ring (bicyclic) bond motifs is 5.